The third-order valence-corrected chi connectivity index (χ3v) is 3.62. The van der Waals surface area contributed by atoms with Crippen molar-refractivity contribution in [3.05, 3.63) is 39.8 Å². The van der Waals surface area contributed by atoms with Gasteiger partial charge >= 0.3 is 0 Å². The van der Waals surface area contributed by atoms with Gasteiger partial charge in [0.25, 0.3) is 0 Å². The third kappa shape index (κ3) is 3.17. The molecule has 2 rings (SSSR count). The van der Waals surface area contributed by atoms with Gasteiger partial charge < -0.3 is 5.11 Å². The smallest absolute Gasteiger partial charge is 0.0636 e. The lowest BCUT2D eigenvalue weighted by atomic mass is 10.1. The topological polar surface area (TPSA) is 38.0 Å². The number of rotatable bonds is 5. The molecule has 0 radical (unpaired) electrons. The normalized spacial score (nSPS) is 12.9. The maximum absolute atomic E-state index is 10.0. The number of aliphatic hydroxyl groups is 1. The fourth-order valence-electron chi connectivity index (χ4n) is 1.93. The Bertz CT molecular complexity index is 462. The third-order valence-electron chi connectivity index (χ3n) is 2.89. The van der Waals surface area contributed by atoms with E-state index in [0.29, 0.717) is 6.42 Å². The highest BCUT2D eigenvalue weighted by Gasteiger charge is 2.11. The average Bonchev–Trinajstić information content (AvgIpc) is 2.89. The van der Waals surface area contributed by atoms with E-state index < -0.39 is 0 Å². The van der Waals surface area contributed by atoms with Crippen LogP contribution in [-0.4, -0.2) is 21.0 Å². The Morgan fingerprint density at radius 1 is 1.47 bits per heavy atom. The maximum Gasteiger partial charge on any atom is 0.0636 e. The molecule has 0 aromatic carbocycles. The summed E-state index contributed by atoms with van der Waals surface area (Å²) in [5.74, 6) is 0. The van der Waals surface area contributed by atoms with Crippen LogP contribution in [0.4, 0.5) is 0 Å². The first kappa shape index (κ1) is 12.3. The van der Waals surface area contributed by atoms with Crippen LogP contribution in [-0.2, 0) is 26.3 Å². The molecule has 0 aliphatic carbocycles. The molecule has 0 saturated carbocycles. The molecular formula is C13H18N2OS. The molecule has 0 bridgehead atoms. The first-order chi connectivity index (χ1) is 8.19. The number of nitrogens with zero attached hydrogens (tertiary/aromatic N) is 2. The molecule has 0 amide bonds. The molecule has 92 valence electrons. The summed E-state index contributed by atoms with van der Waals surface area (Å²) in [4.78, 5) is 0. The van der Waals surface area contributed by atoms with E-state index in [4.69, 9.17) is 0 Å². The molecule has 0 saturated heterocycles. The monoisotopic (exact) mass is 250 g/mol. The van der Waals surface area contributed by atoms with Gasteiger partial charge in [-0.25, -0.2) is 0 Å². The Morgan fingerprint density at radius 2 is 2.29 bits per heavy atom. The summed E-state index contributed by atoms with van der Waals surface area (Å²) in [6.45, 7) is 2.09. The second-order valence-electron chi connectivity index (χ2n) is 4.30. The minimum absolute atomic E-state index is 0.329. The highest BCUT2D eigenvalue weighted by molar-refractivity contribution is 7.07. The first-order valence-corrected chi connectivity index (χ1v) is 6.84. The molecule has 3 nitrogen and oxygen atoms in total. The van der Waals surface area contributed by atoms with Crippen LogP contribution in [0.3, 0.4) is 0 Å². The van der Waals surface area contributed by atoms with E-state index in [1.165, 1.54) is 5.56 Å². The van der Waals surface area contributed by atoms with Gasteiger partial charge in [0.2, 0.25) is 0 Å². The number of hydrogen-bond acceptors (Lipinski definition) is 3. The van der Waals surface area contributed by atoms with Crippen molar-refractivity contribution < 1.29 is 5.11 Å². The van der Waals surface area contributed by atoms with Crippen LogP contribution in [0.1, 0.15) is 23.9 Å². The molecule has 0 aliphatic heterocycles. The van der Waals surface area contributed by atoms with E-state index in [2.05, 4.69) is 29.5 Å². The van der Waals surface area contributed by atoms with Crippen molar-refractivity contribution in [2.24, 2.45) is 7.05 Å². The Kier molecular flexibility index (Phi) is 3.97. The van der Waals surface area contributed by atoms with Crippen molar-refractivity contribution in [1.29, 1.82) is 0 Å². The van der Waals surface area contributed by atoms with Gasteiger partial charge in [0.05, 0.1) is 11.8 Å². The predicted molar refractivity (Wildman–Crippen MR) is 70.3 cm³/mol. The summed E-state index contributed by atoms with van der Waals surface area (Å²) in [7, 11) is 1.94. The van der Waals surface area contributed by atoms with E-state index in [-0.39, 0.29) is 6.10 Å². The fraction of sp³-hybridized carbons (Fsp3) is 0.462. The Balaban J connectivity index is 1.97. The summed E-state index contributed by atoms with van der Waals surface area (Å²) in [5, 5.41) is 18.6. The van der Waals surface area contributed by atoms with Crippen molar-refractivity contribution in [3.8, 4) is 0 Å². The van der Waals surface area contributed by atoms with Crippen LogP contribution in [0.5, 0.6) is 0 Å². The summed E-state index contributed by atoms with van der Waals surface area (Å²) in [6.07, 6.45) is 1.99. The second-order valence-corrected chi connectivity index (χ2v) is 5.08. The van der Waals surface area contributed by atoms with Crippen molar-refractivity contribution in [1.82, 2.24) is 9.78 Å². The van der Waals surface area contributed by atoms with E-state index in [9.17, 15) is 5.11 Å². The Labute approximate surface area is 106 Å². The van der Waals surface area contributed by atoms with Gasteiger partial charge in [-0.3, -0.25) is 4.68 Å². The number of thiophene rings is 1. The predicted octanol–water partition coefficient (Wildman–Crippen LogP) is 2.19. The lowest BCUT2D eigenvalue weighted by molar-refractivity contribution is 0.173. The molecule has 2 aromatic rings. The minimum Gasteiger partial charge on any atom is -0.392 e. The van der Waals surface area contributed by atoms with Gasteiger partial charge in [-0.05, 0) is 41.3 Å². The molecule has 1 N–H and O–H groups in total. The molecule has 2 aromatic heterocycles. The van der Waals surface area contributed by atoms with Crippen LogP contribution >= 0.6 is 11.3 Å². The number of aromatic nitrogens is 2. The van der Waals surface area contributed by atoms with Crippen molar-refractivity contribution in [3.63, 3.8) is 0 Å². The SMILES string of the molecule is CCc1cc(CC(O)Cc2ccsc2)n(C)n1. The van der Waals surface area contributed by atoms with Crippen molar-refractivity contribution >= 4 is 11.3 Å². The first-order valence-electron chi connectivity index (χ1n) is 5.90. The molecule has 0 aliphatic rings. The quantitative estimate of drug-likeness (QED) is 0.883. The molecule has 2 heterocycles. The van der Waals surface area contributed by atoms with Crippen LogP contribution < -0.4 is 0 Å². The van der Waals surface area contributed by atoms with Crippen LogP contribution in [0.25, 0.3) is 0 Å². The van der Waals surface area contributed by atoms with Gasteiger partial charge in [0.1, 0.15) is 0 Å². The average molecular weight is 250 g/mol. The van der Waals surface area contributed by atoms with Crippen molar-refractivity contribution in [2.75, 3.05) is 0 Å². The molecule has 1 atom stereocenters. The van der Waals surface area contributed by atoms with E-state index in [0.717, 1.165) is 24.2 Å². The number of aryl methyl sites for hydroxylation is 2. The lowest BCUT2D eigenvalue weighted by Gasteiger charge is -2.09. The Hall–Kier alpha value is -1.13. The highest BCUT2D eigenvalue weighted by Crippen LogP contribution is 2.12. The van der Waals surface area contributed by atoms with Crippen LogP contribution in [0, 0.1) is 0 Å². The van der Waals surface area contributed by atoms with Gasteiger partial charge in [-0.1, -0.05) is 6.92 Å². The number of aliphatic hydroxyl groups excluding tert-OH is 1. The Morgan fingerprint density at radius 3 is 2.88 bits per heavy atom. The van der Waals surface area contributed by atoms with Crippen molar-refractivity contribution in [2.45, 2.75) is 32.3 Å². The highest BCUT2D eigenvalue weighted by atomic mass is 32.1. The van der Waals surface area contributed by atoms with E-state index >= 15 is 0 Å². The molecule has 1 unspecified atom stereocenters. The van der Waals surface area contributed by atoms with Gasteiger partial charge in [-0.2, -0.15) is 16.4 Å². The zero-order valence-electron chi connectivity index (χ0n) is 10.3. The van der Waals surface area contributed by atoms with Gasteiger partial charge in [0.15, 0.2) is 0 Å². The molecule has 0 fully saturated rings. The van der Waals surface area contributed by atoms with Gasteiger partial charge in [0, 0.05) is 19.2 Å². The second kappa shape index (κ2) is 5.47. The molecular weight excluding hydrogens is 232 g/mol. The summed E-state index contributed by atoms with van der Waals surface area (Å²) < 4.78 is 1.87. The molecule has 17 heavy (non-hydrogen) atoms. The summed E-state index contributed by atoms with van der Waals surface area (Å²) in [5.41, 5.74) is 3.40. The summed E-state index contributed by atoms with van der Waals surface area (Å²) in [6, 6.07) is 4.14. The maximum atomic E-state index is 10.0. The zero-order valence-corrected chi connectivity index (χ0v) is 11.1. The van der Waals surface area contributed by atoms with E-state index in [1.807, 2.05) is 17.1 Å². The largest absolute Gasteiger partial charge is 0.392 e. The fourth-order valence-corrected chi connectivity index (χ4v) is 2.61. The lowest BCUT2D eigenvalue weighted by Crippen LogP contribution is -2.15. The molecule has 0 spiro atoms. The number of hydrogen-bond donors (Lipinski definition) is 1. The van der Waals surface area contributed by atoms with E-state index in [1.54, 1.807) is 11.3 Å². The summed E-state index contributed by atoms with van der Waals surface area (Å²) >= 11 is 1.67. The van der Waals surface area contributed by atoms with Crippen LogP contribution in [0.15, 0.2) is 22.9 Å². The molecule has 4 heteroatoms. The standard InChI is InChI=1S/C13H18N2OS/c1-3-11-7-12(15(2)14-11)8-13(16)6-10-4-5-17-9-10/h4-5,7,9,13,16H,3,6,8H2,1-2H3. The van der Waals surface area contributed by atoms with Gasteiger partial charge in [-0.15, -0.1) is 0 Å². The van der Waals surface area contributed by atoms with Crippen LogP contribution in [0.2, 0.25) is 0 Å². The minimum atomic E-state index is -0.329. The zero-order chi connectivity index (χ0) is 12.3.